The van der Waals surface area contributed by atoms with Crippen LogP contribution in [0.5, 0.6) is 0 Å². The van der Waals surface area contributed by atoms with Gasteiger partial charge in [-0.1, -0.05) is 55.5 Å². The monoisotopic (exact) mass is 408 g/mol. The topological polar surface area (TPSA) is 66.5 Å². The first-order chi connectivity index (χ1) is 13.9. The van der Waals surface area contributed by atoms with Crippen molar-refractivity contribution in [2.45, 2.75) is 19.9 Å². The average Bonchev–Trinajstić information content (AvgIpc) is 2.72. The number of carbonyl (C=O) groups excluding carboxylic acids is 1. The highest BCUT2D eigenvalue weighted by molar-refractivity contribution is 7.92. The Morgan fingerprint density at radius 2 is 1.52 bits per heavy atom. The second-order valence-electron chi connectivity index (χ2n) is 6.77. The molecule has 0 fully saturated rings. The minimum Gasteiger partial charge on any atom is -0.322 e. The third kappa shape index (κ3) is 5.23. The van der Waals surface area contributed by atoms with E-state index in [1.165, 1.54) is 10.6 Å². The predicted octanol–water partition coefficient (Wildman–Crippen LogP) is 4.47. The van der Waals surface area contributed by atoms with E-state index in [2.05, 4.69) is 5.32 Å². The quantitative estimate of drug-likeness (QED) is 0.627. The van der Waals surface area contributed by atoms with Crippen molar-refractivity contribution in [1.29, 1.82) is 0 Å². The van der Waals surface area contributed by atoms with Gasteiger partial charge in [-0.3, -0.25) is 9.10 Å². The molecule has 0 aliphatic heterocycles. The van der Waals surface area contributed by atoms with Crippen LogP contribution in [0.25, 0.3) is 0 Å². The molecule has 1 N–H and O–H groups in total. The van der Waals surface area contributed by atoms with Crippen LogP contribution in [-0.4, -0.2) is 20.6 Å². The van der Waals surface area contributed by atoms with Crippen molar-refractivity contribution in [3.8, 4) is 0 Å². The second kappa shape index (κ2) is 8.92. The maximum absolute atomic E-state index is 12.6. The summed E-state index contributed by atoms with van der Waals surface area (Å²) < 4.78 is 25.8. The average molecular weight is 409 g/mol. The van der Waals surface area contributed by atoms with Crippen molar-refractivity contribution in [1.82, 2.24) is 0 Å². The van der Waals surface area contributed by atoms with E-state index < -0.39 is 10.0 Å². The summed E-state index contributed by atoms with van der Waals surface area (Å²) in [7, 11) is -3.44. The Morgan fingerprint density at radius 1 is 0.897 bits per heavy atom. The van der Waals surface area contributed by atoms with E-state index in [0.717, 1.165) is 23.2 Å². The van der Waals surface area contributed by atoms with E-state index in [1.54, 1.807) is 48.5 Å². The zero-order chi connectivity index (χ0) is 20.9. The lowest BCUT2D eigenvalue weighted by Gasteiger charge is -2.22. The molecule has 0 radical (unpaired) electrons. The van der Waals surface area contributed by atoms with Gasteiger partial charge in [0, 0.05) is 11.3 Å². The number of rotatable bonds is 7. The fourth-order valence-electron chi connectivity index (χ4n) is 3.07. The summed E-state index contributed by atoms with van der Waals surface area (Å²) in [6.07, 6.45) is 2.02. The van der Waals surface area contributed by atoms with Crippen molar-refractivity contribution in [3.63, 3.8) is 0 Å². The van der Waals surface area contributed by atoms with Gasteiger partial charge in [-0.05, 0) is 47.9 Å². The summed E-state index contributed by atoms with van der Waals surface area (Å²) in [5, 5.41) is 2.94. The van der Waals surface area contributed by atoms with Crippen LogP contribution >= 0.6 is 0 Å². The SMILES string of the molecule is CCc1ccccc1NC(=O)c1ccc(CN(c2ccccc2)S(C)(=O)=O)cc1. The Labute approximate surface area is 172 Å². The van der Waals surface area contributed by atoms with Crippen LogP contribution in [-0.2, 0) is 23.0 Å². The third-order valence-electron chi connectivity index (χ3n) is 4.63. The van der Waals surface area contributed by atoms with Gasteiger partial charge in [0.2, 0.25) is 10.0 Å². The number of amides is 1. The molecule has 0 spiro atoms. The molecule has 0 heterocycles. The maximum atomic E-state index is 12.6. The van der Waals surface area contributed by atoms with Crippen LogP contribution in [0, 0.1) is 0 Å². The standard InChI is InChI=1S/C23H24N2O3S/c1-3-19-9-7-8-12-22(19)24-23(26)20-15-13-18(14-16-20)17-25(29(2,27)28)21-10-5-4-6-11-21/h4-16H,3,17H2,1-2H3,(H,24,26). The number of sulfonamides is 1. The van der Waals surface area contributed by atoms with Crippen molar-refractivity contribution < 1.29 is 13.2 Å². The van der Waals surface area contributed by atoms with Gasteiger partial charge < -0.3 is 5.32 Å². The van der Waals surface area contributed by atoms with Gasteiger partial charge in [0.25, 0.3) is 5.91 Å². The summed E-state index contributed by atoms with van der Waals surface area (Å²) in [5.41, 5.74) is 3.79. The molecule has 0 aliphatic rings. The Hall–Kier alpha value is -3.12. The lowest BCUT2D eigenvalue weighted by atomic mass is 10.1. The van der Waals surface area contributed by atoms with Crippen LogP contribution < -0.4 is 9.62 Å². The highest BCUT2D eigenvalue weighted by Crippen LogP contribution is 2.21. The summed E-state index contributed by atoms with van der Waals surface area (Å²) >= 11 is 0. The van der Waals surface area contributed by atoms with Crippen molar-refractivity contribution >= 4 is 27.3 Å². The van der Waals surface area contributed by atoms with Crippen molar-refractivity contribution in [3.05, 3.63) is 95.6 Å². The molecule has 0 bridgehead atoms. The number of para-hydroxylation sites is 2. The molecule has 0 saturated carbocycles. The molecular formula is C23H24N2O3S. The molecule has 0 atom stereocenters. The lowest BCUT2D eigenvalue weighted by molar-refractivity contribution is 0.102. The molecule has 3 aromatic rings. The zero-order valence-electron chi connectivity index (χ0n) is 16.5. The van der Waals surface area contributed by atoms with Crippen molar-refractivity contribution in [2.24, 2.45) is 0 Å². The Morgan fingerprint density at radius 3 is 2.14 bits per heavy atom. The Bertz CT molecular complexity index is 1080. The minimum absolute atomic E-state index is 0.194. The number of nitrogens with zero attached hydrogens (tertiary/aromatic N) is 1. The Kier molecular flexibility index (Phi) is 6.34. The van der Waals surface area contributed by atoms with Crippen LogP contribution in [0.1, 0.15) is 28.4 Å². The summed E-state index contributed by atoms with van der Waals surface area (Å²) in [4.78, 5) is 12.6. The normalized spacial score (nSPS) is 11.1. The molecule has 6 heteroatoms. The third-order valence-corrected chi connectivity index (χ3v) is 5.77. The number of carbonyl (C=O) groups is 1. The van der Waals surface area contributed by atoms with Gasteiger partial charge in [-0.15, -0.1) is 0 Å². The van der Waals surface area contributed by atoms with Gasteiger partial charge in [0.1, 0.15) is 0 Å². The predicted molar refractivity (Wildman–Crippen MR) is 118 cm³/mol. The highest BCUT2D eigenvalue weighted by atomic mass is 32.2. The molecule has 1 amide bonds. The number of aryl methyl sites for hydroxylation is 1. The molecular weight excluding hydrogens is 384 g/mol. The van der Waals surface area contributed by atoms with E-state index in [9.17, 15) is 13.2 Å². The van der Waals surface area contributed by atoms with E-state index in [1.807, 2.05) is 37.3 Å². The minimum atomic E-state index is -3.44. The number of hydrogen-bond acceptors (Lipinski definition) is 3. The first-order valence-corrected chi connectivity index (χ1v) is 11.2. The van der Waals surface area contributed by atoms with Gasteiger partial charge in [-0.25, -0.2) is 8.42 Å². The van der Waals surface area contributed by atoms with Crippen molar-refractivity contribution in [2.75, 3.05) is 15.9 Å². The summed E-state index contributed by atoms with van der Waals surface area (Å²) in [6, 6.07) is 23.7. The summed E-state index contributed by atoms with van der Waals surface area (Å²) in [6.45, 7) is 2.24. The van der Waals surface area contributed by atoms with Gasteiger partial charge in [-0.2, -0.15) is 0 Å². The van der Waals surface area contributed by atoms with Crippen LogP contribution in [0.3, 0.4) is 0 Å². The smallest absolute Gasteiger partial charge is 0.255 e. The van der Waals surface area contributed by atoms with Gasteiger partial charge in [0.05, 0.1) is 18.5 Å². The second-order valence-corrected chi connectivity index (χ2v) is 8.67. The molecule has 0 aliphatic carbocycles. The number of anilines is 2. The Balaban J connectivity index is 1.76. The molecule has 3 rings (SSSR count). The number of nitrogens with one attached hydrogen (secondary N) is 1. The van der Waals surface area contributed by atoms with Crippen LogP contribution in [0.15, 0.2) is 78.9 Å². The molecule has 0 unspecified atom stereocenters. The largest absolute Gasteiger partial charge is 0.322 e. The molecule has 3 aromatic carbocycles. The first kappa shape index (κ1) is 20.6. The molecule has 5 nitrogen and oxygen atoms in total. The zero-order valence-corrected chi connectivity index (χ0v) is 17.3. The fraction of sp³-hybridized carbons (Fsp3) is 0.174. The van der Waals surface area contributed by atoms with E-state index in [0.29, 0.717) is 11.3 Å². The van der Waals surface area contributed by atoms with Crippen LogP contribution in [0.4, 0.5) is 11.4 Å². The van der Waals surface area contributed by atoms with E-state index >= 15 is 0 Å². The number of benzene rings is 3. The highest BCUT2D eigenvalue weighted by Gasteiger charge is 2.18. The van der Waals surface area contributed by atoms with Gasteiger partial charge in [0.15, 0.2) is 0 Å². The van der Waals surface area contributed by atoms with Gasteiger partial charge >= 0.3 is 0 Å². The molecule has 29 heavy (non-hydrogen) atoms. The van der Waals surface area contributed by atoms with E-state index in [-0.39, 0.29) is 12.5 Å². The lowest BCUT2D eigenvalue weighted by Crippen LogP contribution is -2.29. The fourth-order valence-corrected chi connectivity index (χ4v) is 3.95. The molecule has 0 saturated heterocycles. The van der Waals surface area contributed by atoms with E-state index in [4.69, 9.17) is 0 Å². The summed E-state index contributed by atoms with van der Waals surface area (Å²) in [5.74, 6) is -0.194. The first-order valence-electron chi connectivity index (χ1n) is 9.39. The van der Waals surface area contributed by atoms with Crippen LogP contribution in [0.2, 0.25) is 0 Å². The molecule has 150 valence electrons. The molecule has 0 aromatic heterocycles. The maximum Gasteiger partial charge on any atom is 0.255 e. The number of hydrogen-bond donors (Lipinski definition) is 1.